The van der Waals surface area contributed by atoms with Gasteiger partial charge in [0.05, 0.1) is 4.90 Å². The molecule has 7 rings (SSSR count). The number of sulfonamides is 1. The molecule has 1 aromatic heterocycles. The van der Waals surface area contributed by atoms with Gasteiger partial charge in [0.1, 0.15) is 24.1 Å². The molecule has 5 aliphatic rings. The van der Waals surface area contributed by atoms with Crippen molar-refractivity contribution >= 4 is 27.4 Å². The van der Waals surface area contributed by atoms with Crippen molar-refractivity contribution in [1.29, 1.82) is 0 Å². The second-order valence-electron chi connectivity index (χ2n) is 11.6. The smallest absolute Gasteiger partial charge is 0.263 e. The van der Waals surface area contributed by atoms with Gasteiger partial charge in [0.25, 0.3) is 15.9 Å². The highest BCUT2D eigenvalue weighted by molar-refractivity contribution is 7.92. The fraction of sp³-hybridized carbons (Fsp3) is 0.586. The normalized spacial score (nSPS) is 31.9. The number of ether oxygens (including phenoxy) is 5. The quantitative estimate of drug-likeness (QED) is 0.533. The van der Waals surface area contributed by atoms with E-state index in [0.29, 0.717) is 5.69 Å². The summed E-state index contributed by atoms with van der Waals surface area (Å²) >= 11 is 0. The predicted molar refractivity (Wildman–Crippen MR) is 146 cm³/mol. The van der Waals surface area contributed by atoms with Gasteiger partial charge >= 0.3 is 0 Å². The summed E-state index contributed by atoms with van der Waals surface area (Å²) in [6.07, 6.45) is 7.56. The van der Waals surface area contributed by atoms with Crippen LogP contribution in [0.4, 0.5) is 11.5 Å². The first-order valence-corrected chi connectivity index (χ1v) is 16.0. The van der Waals surface area contributed by atoms with E-state index in [1.54, 1.807) is 18.2 Å². The summed E-state index contributed by atoms with van der Waals surface area (Å²) < 4.78 is 60.3. The monoisotopic (exact) mass is 585 g/mol. The molecule has 0 radical (unpaired) electrons. The molecule has 41 heavy (non-hydrogen) atoms. The lowest BCUT2D eigenvalue weighted by Crippen LogP contribution is -2.58. The molecule has 4 heterocycles. The first-order valence-electron chi connectivity index (χ1n) is 14.6. The number of fused-ring (bicyclic) bond motifs is 3. The Morgan fingerprint density at radius 2 is 1.41 bits per heavy atom. The molecule has 3 aliphatic heterocycles. The second kappa shape index (κ2) is 10.6. The lowest BCUT2D eigenvalue weighted by atomic mass is 9.94. The molecule has 220 valence electrons. The van der Waals surface area contributed by atoms with Gasteiger partial charge in [-0.1, -0.05) is 18.9 Å². The maximum atomic E-state index is 13.7. The number of hydrogen-bond acceptors (Lipinski definition) is 9. The summed E-state index contributed by atoms with van der Waals surface area (Å²) in [5.41, 5.74) is 0.424. The average Bonchev–Trinajstić information content (AvgIpc) is 3.51. The van der Waals surface area contributed by atoms with Crippen molar-refractivity contribution in [3.63, 3.8) is 0 Å². The van der Waals surface area contributed by atoms with Crippen molar-refractivity contribution in [2.45, 2.75) is 111 Å². The Hall–Kier alpha value is -2.61. The van der Waals surface area contributed by atoms with Crippen molar-refractivity contribution in [2.24, 2.45) is 0 Å². The Morgan fingerprint density at radius 3 is 2.07 bits per heavy atom. The summed E-state index contributed by atoms with van der Waals surface area (Å²) in [7, 11) is -3.85. The molecule has 2 saturated carbocycles. The lowest BCUT2D eigenvalue weighted by molar-refractivity contribution is -0.246. The van der Waals surface area contributed by atoms with Crippen molar-refractivity contribution < 1.29 is 36.9 Å². The molecule has 1 aromatic carbocycles. The third-order valence-electron chi connectivity index (χ3n) is 8.70. The number of nitrogens with zero attached hydrogens (tertiary/aromatic N) is 1. The van der Waals surface area contributed by atoms with Gasteiger partial charge in [0.2, 0.25) is 0 Å². The Morgan fingerprint density at radius 1 is 0.780 bits per heavy atom. The van der Waals surface area contributed by atoms with Crippen LogP contribution in [0.1, 0.15) is 64.2 Å². The van der Waals surface area contributed by atoms with Gasteiger partial charge in [-0.25, -0.2) is 13.4 Å². The molecule has 12 heteroatoms. The zero-order chi connectivity index (χ0) is 28.1. The van der Waals surface area contributed by atoms with Gasteiger partial charge in [-0.05, 0) is 62.1 Å². The molecule has 2 N–H and O–H groups in total. The molecule has 11 nitrogen and oxygen atoms in total. The number of aromatic nitrogens is 1. The third-order valence-corrected chi connectivity index (χ3v) is 10.1. The summed E-state index contributed by atoms with van der Waals surface area (Å²) in [6.45, 7) is 0. The summed E-state index contributed by atoms with van der Waals surface area (Å²) in [5.74, 6) is -1.65. The fourth-order valence-corrected chi connectivity index (χ4v) is 7.73. The maximum Gasteiger partial charge on any atom is 0.263 e. The molecule has 2 aliphatic carbocycles. The van der Waals surface area contributed by atoms with Crippen LogP contribution < -0.4 is 10.0 Å². The third kappa shape index (κ3) is 5.26. The van der Waals surface area contributed by atoms with E-state index < -0.39 is 58.2 Å². The van der Waals surface area contributed by atoms with E-state index in [1.165, 1.54) is 30.5 Å². The average molecular weight is 586 g/mol. The molecule has 2 spiro atoms. The molecule has 3 saturated heterocycles. The Labute approximate surface area is 239 Å². The van der Waals surface area contributed by atoms with Crippen LogP contribution >= 0.6 is 0 Å². The number of benzene rings is 1. The van der Waals surface area contributed by atoms with Gasteiger partial charge < -0.3 is 29.0 Å². The zero-order valence-corrected chi connectivity index (χ0v) is 23.5. The Kier molecular flexibility index (Phi) is 7.03. The number of hydrogen-bond donors (Lipinski definition) is 2. The predicted octanol–water partition coefficient (Wildman–Crippen LogP) is 4.07. The van der Waals surface area contributed by atoms with Crippen LogP contribution in [0.15, 0.2) is 53.6 Å². The van der Waals surface area contributed by atoms with Crippen LogP contribution in [0.25, 0.3) is 0 Å². The molecular weight excluding hydrogens is 550 g/mol. The minimum absolute atomic E-state index is 0.0408. The molecule has 0 unspecified atom stereocenters. The SMILES string of the molecule is O=C(Nc1ccc(S(=O)(=O)Nc2ccccn2)cc1)[C@H]1O[C@H]2OC3(CCCCC3)O[C@@H]2[C@H]2OC3(CCCCC3)O[C@H]21. The summed E-state index contributed by atoms with van der Waals surface area (Å²) in [6, 6.07) is 10.9. The van der Waals surface area contributed by atoms with Crippen LogP contribution in [0, 0.1) is 0 Å². The van der Waals surface area contributed by atoms with Gasteiger partial charge in [0.15, 0.2) is 24.0 Å². The first kappa shape index (κ1) is 27.2. The van der Waals surface area contributed by atoms with E-state index >= 15 is 0 Å². The van der Waals surface area contributed by atoms with Gasteiger partial charge in [-0.2, -0.15) is 0 Å². The minimum Gasteiger partial charge on any atom is -0.341 e. The zero-order valence-electron chi connectivity index (χ0n) is 22.7. The largest absolute Gasteiger partial charge is 0.341 e. The van der Waals surface area contributed by atoms with E-state index in [1.807, 2.05) is 0 Å². The number of nitrogens with one attached hydrogen (secondary N) is 2. The molecular formula is C29H35N3O8S. The highest BCUT2D eigenvalue weighted by Crippen LogP contribution is 2.51. The molecule has 2 aromatic rings. The first-order chi connectivity index (χ1) is 19.8. The highest BCUT2D eigenvalue weighted by Gasteiger charge is 2.65. The molecule has 0 bridgehead atoms. The van der Waals surface area contributed by atoms with E-state index in [0.717, 1.165) is 64.2 Å². The van der Waals surface area contributed by atoms with E-state index in [9.17, 15) is 13.2 Å². The number of carbonyl (C=O) groups is 1. The number of anilines is 2. The second-order valence-corrected chi connectivity index (χ2v) is 13.2. The number of amides is 1. The van der Waals surface area contributed by atoms with Crippen LogP contribution in [0.2, 0.25) is 0 Å². The van der Waals surface area contributed by atoms with Crippen molar-refractivity contribution in [3.05, 3.63) is 48.7 Å². The van der Waals surface area contributed by atoms with Gasteiger partial charge in [-0.15, -0.1) is 0 Å². The number of pyridine rings is 1. The molecule has 5 fully saturated rings. The maximum absolute atomic E-state index is 13.7. The number of rotatable bonds is 5. The van der Waals surface area contributed by atoms with Crippen LogP contribution in [0.5, 0.6) is 0 Å². The van der Waals surface area contributed by atoms with Crippen molar-refractivity contribution in [2.75, 3.05) is 10.0 Å². The Bertz CT molecular complexity index is 1360. The van der Waals surface area contributed by atoms with E-state index in [-0.39, 0.29) is 10.7 Å². The van der Waals surface area contributed by atoms with Crippen molar-refractivity contribution in [3.8, 4) is 0 Å². The molecule has 5 atom stereocenters. The van der Waals surface area contributed by atoms with E-state index in [4.69, 9.17) is 23.7 Å². The standard InChI is InChI=1S/C29H35N3O8S/c33-26(31-19-10-12-20(13-11-19)41(34,35)32-21-9-3-8-18-30-21)24-22-23(38-28(37-22)14-4-1-5-15-28)25-27(36-24)40-29(39-25)16-6-2-7-17-29/h3,8-13,18,22-25,27H,1-2,4-7,14-17H2,(H,30,32)(H,31,33)/t22-,23+,24+,25-,27+/m1/s1. The van der Waals surface area contributed by atoms with Crippen LogP contribution in [0.3, 0.4) is 0 Å². The van der Waals surface area contributed by atoms with Crippen molar-refractivity contribution in [1.82, 2.24) is 4.98 Å². The fourth-order valence-electron chi connectivity index (χ4n) is 6.72. The topological polar surface area (TPSA) is 134 Å². The van der Waals surface area contributed by atoms with Crippen LogP contribution in [-0.2, 0) is 38.5 Å². The van der Waals surface area contributed by atoms with Crippen LogP contribution in [-0.4, -0.2) is 61.6 Å². The summed E-state index contributed by atoms with van der Waals surface area (Å²) in [4.78, 5) is 17.7. The summed E-state index contributed by atoms with van der Waals surface area (Å²) in [5, 5.41) is 2.87. The van der Waals surface area contributed by atoms with E-state index in [2.05, 4.69) is 15.0 Å². The lowest BCUT2D eigenvalue weighted by Gasteiger charge is -2.36. The Balaban J connectivity index is 1.09. The number of carbonyl (C=O) groups excluding carboxylic acids is 1. The molecule has 1 amide bonds. The minimum atomic E-state index is -3.85. The van der Waals surface area contributed by atoms with Gasteiger partial charge in [0, 0.05) is 37.6 Å². The highest BCUT2D eigenvalue weighted by atomic mass is 32.2. The van der Waals surface area contributed by atoms with Gasteiger partial charge in [-0.3, -0.25) is 9.52 Å².